The highest BCUT2D eigenvalue weighted by molar-refractivity contribution is 5.79. The number of esters is 1. The number of carbonyl (C=O) groups excluding carboxylic acids is 3. The number of piperazine rings is 1. The molecule has 3 rings (SSSR count). The summed E-state index contributed by atoms with van der Waals surface area (Å²) in [6.07, 6.45) is 3.05. The molecule has 3 heterocycles. The lowest BCUT2D eigenvalue weighted by atomic mass is 9.96. The minimum absolute atomic E-state index is 0.000348. The smallest absolute Gasteiger partial charge is 0.338 e. The van der Waals surface area contributed by atoms with E-state index >= 15 is 0 Å². The zero-order chi connectivity index (χ0) is 24.0. The van der Waals surface area contributed by atoms with E-state index in [1.807, 2.05) is 25.7 Å². The summed E-state index contributed by atoms with van der Waals surface area (Å²) < 4.78 is 5.55. The third-order valence-electron chi connectivity index (χ3n) is 6.53. The minimum Gasteiger partial charge on any atom is -0.460 e. The standard InChI is InChI=1S/C23H41N5O5/c1-23(2,3)32-22(31)19-5-9-26(10-6-19)27-15-13-25(14-16-27)21(30)18-7-11-28(12-8-18)33-20(29)17-24-4/h18-19,24H,5-17H2,1-4H3. The Balaban J connectivity index is 1.36. The molecule has 1 amide bonds. The van der Waals surface area contributed by atoms with Crippen molar-refractivity contribution in [1.29, 1.82) is 0 Å². The lowest BCUT2D eigenvalue weighted by Gasteiger charge is -2.44. The van der Waals surface area contributed by atoms with E-state index in [0.717, 1.165) is 52.1 Å². The van der Waals surface area contributed by atoms with Crippen molar-refractivity contribution in [3.8, 4) is 0 Å². The second-order valence-electron chi connectivity index (χ2n) is 10.2. The van der Waals surface area contributed by atoms with Crippen molar-refractivity contribution in [2.24, 2.45) is 11.8 Å². The number of hydroxylamine groups is 2. The van der Waals surface area contributed by atoms with Crippen LogP contribution in [0, 0.1) is 11.8 Å². The fourth-order valence-corrected chi connectivity index (χ4v) is 4.74. The number of amides is 1. The zero-order valence-corrected chi connectivity index (χ0v) is 20.7. The Hall–Kier alpha value is -1.75. The molecule has 10 heteroatoms. The molecular formula is C23H41N5O5. The second-order valence-corrected chi connectivity index (χ2v) is 10.2. The highest BCUT2D eigenvalue weighted by Gasteiger charge is 2.34. The molecule has 0 aromatic carbocycles. The van der Waals surface area contributed by atoms with Crippen LogP contribution in [0.4, 0.5) is 0 Å². The molecule has 188 valence electrons. The summed E-state index contributed by atoms with van der Waals surface area (Å²) in [5.74, 6) is -0.180. The van der Waals surface area contributed by atoms with Crippen LogP contribution in [0.15, 0.2) is 0 Å². The Morgan fingerprint density at radius 2 is 1.36 bits per heavy atom. The highest BCUT2D eigenvalue weighted by Crippen LogP contribution is 2.24. The van der Waals surface area contributed by atoms with Crippen molar-refractivity contribution < 1.29 is 24.0 Å². The average molecular weight is 468 g/mol. The van der Waals surface area contributed by atoms with Crippen LogP contribution in [-0.4, -0.2) is 109 Å². The van der Waals surface area contributed by atoms with E-state index in [1.165, 1.54) is 0 Å². The summed E-state index contributed by atoms with van der Waals surface area (Å²) >= 11 is 0. The summed E-state index contributed by atoms with van der Waals surface area (Å²) in [6, 6.07) is 0. The number of hydrogen-bond donors (Lipinski definition) is 1. The summed E-state index contributed by atoms with van der Waals surface area (Å²) in [5, 5.41) is 9.11. The monoisotopic (exact) mass is 467 g/mol. The molecule has 3 aliphatic rings. The topological polar surface area (TPSA) is 94.7 Å². The molecule has 1 N–H and O–H groups in total. The van der Waals surface area contributed by atoms with E-state index in [4.69, 9.17) is 9.57 Å². The number of nitrogens with one attached hydrogen (secondary N) is 1. The van der Waals surface area contributed by atoms with Gasteiger partial charge in [-0.2, -0.15) is 0 Å². The maximum Gasteiger partial charge on any atom is 0.338 e. The first-order valence-electron chi connectivity index (χ1n) is 12.3. The van der Waals surface area contributed by atoms with Gasteiger partial charge in [0.1, 0.15) is 5.60 Å². The number of hydrazine groups is 1. The van der Waals surface area contributed by atoms with Crippen LogP contribution in [0.25, 0.3) is 0 Å². The number of hydrogen-bond acceptors (Lipinski definition) is 9. The maximum absolute atomic E-state index is 13.0. The van der Waals surface area contributed by atoms with Crippen LogP contribution in [-0.2, 0) is 24.0 Å². The molecule has 0 bridgehead atoms. The third kappa shape index (κ3) is 7.63. The molecular weight excluding hydrogens is 426 g/mol. The first-order valence-corrected chi connectivity index (χ1v) is 12.3. The van der Waals surface area contributed by atoms with Crippen LogP contribution < -0.4 is 5.32 Å². The van der Waals surface area contributed by atoms with E-state index in [2.05, 4.69) is 15.3 Å². The number of rotatable bonds is 6. The first kappa shape index (κ1) is 25.9. The normalized spacial score (nSPS) is 22.8. The Morgan fingerprint density at radius 3 is 1.91 bits per heavy atom. The van der Waals surface area contributed by atoms with E-state index < -0.39 is 5.60 Å². The molecule has 0 spiro atoms. The highest BCUT2D eigenvalue weighted by atomic mass is 16.7. The van der Waals surface area contributed by atoms with Gasteiger partial charge in [-0.05, 0) is 53.5 Å². The zero-order valence-electron chi connectivity index (χ0n) is 20.7. The van der Waals surface area contributed by atoms with Gasteiger partial charge in [0.2, 0.25) is 5.91 Å². The molecule has 0 unspecified atom stereocenters. The molecule has 0 aromatic rings. The van der Waals surface area contributed by atoms with Gasteiger partial charge in [0.25, 0.3) is 0 Å². The van der Waals surface area contributed by atoms with Gasteiger partial charge in [-0.15, -0.1) is 5.06 Å². The lowest BCUT2D eigenvalue weighted by Crippen LogP contribution is -2.57. The Labute approximate surface area is 197 Å². The molecule has 0 aromatic heterocycles. The second kappa shape index (κ2) is 11.6. The molecule has 3 saturated heterocycles. The molecule has 33 heavy (non-hydrogen) atoms. The van der Waals surface area contributed by atoms with E-state index in [9.17, 15) is 14.4 Å². The van der Waals surface area contributed by atoms with Gasteiger partial charge in [-0.3, -0.25) is 9.59 Å². The SMILES string of the molecule is CNCC(=O)ON1CCC(C(=O)N2CCN(N3CCC(C(=O)OC(C)(C)C)CC3)CC2)CC1. The van der Waals surface area contributed by atoms with Gasteiger partial charge >= 0.3 is 11.9 Å². The van der Waals surface area contributed by atoms with Gasteiger partial charge in [0.05, 0.1) is 12.5 Å². The van der Waals surface area contributed by atoms with Crippen molar-refractivity contribution in [3.63, 3.8) is 0 Å². The van der Waals surface area contributed by atoms with Crippen LogP contribution in [0.3, 0.4) is 0 Å². The maximum atomic E-state index is 13.0. The average Bonchev–Trinajstić information content (AvgIpc) is 2.78. The third-order valence-corrected chi connectivity index (χ3v) is 6.53. The van der Waals surface area contributed by atoms with Crippen LogP contribution in [0.2, 0.25) is 0 Å². The Morgan fingerprint density at radius 1 is 0.818 bits per heavy atom. The largest absolute Gasteiger partial charge is 0.460 e. The van der Waals surface area contributed by atoms with Crippen molar-refractivity contribution in [3.05, 3.63) is 0 Å². The van der Waals surface area contributed by atoms with Crippen LogP contribution >= 0.6 is 0 Å². The number of ether oxygens (including phenoxy) is 1. The predicted molar refractivity (Wildman–Crippen MR) is 123 cm³/mol. The van der Waals surface area contributed by atoms with Crippen molar-refractivity contribution >= 4 is 17.8 Å². The number of likely N-dealkylation sites (N-methyl/N-ethyl adjacent to an activating group) is 1. The molecule has 3 fully saturated rings. The van der Waals surface area contributed by atoms with Gasteiger partial charge in [0, 0.05) is 58.3 Å². The van der Waals surface area contributed by atoms with E-state index in [-0.39, 0.29) is 36.2 Å². The fraction of sp³-hybridized carbons (Fsp3) is 0.870. The molecule has 3 aliphatic heterocycles. The Kier molecular flexibility index (Phi) is 9.09. The Bertz CT molecular complexity index is 673. The summed E-state index contributed by atoms with van der Waals surface area (Å²) in [4.78, 5) is 44.2. The van der Waals surface area contributed by atoms with Crippen molar-refractivity contribution in [1.82, 2.24) is 25.3 Å². The van der Waals surface area contributed by atoms with Gasteiger partial charge in [-0.1, -0.05) is 0 Å². The summed E-state index contributed by atoms with van der Waals surface area (Å²) in [6.45, 7) is 11.9. The van der Waals surface area contributed by atoms with Gasteiger partial charge in [0.15, 0.2) is 0 Å². The molecule has 0 radical (unpaired) electrons. The van der Waals surface area contributed by atoms with Crippen molar-refractivity contribution in [2.75, 3.05) is 66.0 Å². The minimum atomic E-state index is -0.440. The molecule has 0 aliphatic carbocycles. The fourth-order valence-electron chi connectivity index (χ4n) is 4.74. The van der Waals surface area contributed by atoms with Crippen LogP contribution in [0.5, 0.6) is 0 Å². The molecule has 0 atom stereocenters. The summed E-state index contributed by atoms with van der Waals surface area (Å²) in [7, 11) is 1.71. The van der Waals surface area contributed by atoms with Gasteiger partial charge < -0.3 is 19.8 Å². The van der Waals surface area contributed by atoms with Crippen molar-refractivity contribution in [2.45, 2.75) is 52.1 Å². The first-order chi connectivity index (χ1) is 15.7. The van der Waals surface area contributed by atoms with E-state index in [0.29, 0.717) is 25.9 Å². The summed E-state index contributed by atoms with van der Waals surface area (Å²) in [5.41, 5.74) is -0.440. The molecule has 10 nitrogen and oxygen atoms in total. The number of nitrogens with zero attached hydrogens (tertiary/aromatic N) is 4. The lowest BCUT2D eigenvalue weighted by molar-refractivity contribution is -0.196. The van der Waals surface area contributed by atoms with Crippen LogP contribution in [0.1, 0.15) is 46.5 Å². The predicted octanol–water partition coefficient (Wildman–Crippen LogP) is 0.489. The molecule has 0 saturated carbocycles. The van der Waals surface area contributed by atoms with Gasteiger partial charge in [-0.25, -0.2) is 14.8 Å². The quantitative estimate of drug-likeness (QED) is 0.560. The van der Waals surface area contributed by atoms with E-state index in [1.54, 1.807) is 12.1 Å². The number of piperidine rings is 2. The number of carbonyl (C=O) groups is 3.